The van der Waals surface area contributed by atoms with E-state index in [1.807, 2.05) is 0 Å². The summed E-state index contributed by atoms with van der Waals surface area (Å²) in [5, 5.41) is 5.76. The maximum Gasteiger partial charge on any atom is 0.238 e. The van der Waals surface area contributed by atoms with Crippen molar-refractivity contribution in [1.82, 2.24) is 5.32 Å². The van der Waals surface area contributed by atoms with Gasteiger partial charge in [-0.05, 0) is 31.0 Å². The lowest BCUT2D eigenvalue weighted by atomic mass is 10.2. The first kappa shape index (κ1) is 13.5. The molecule has 98 valence electrons. The Morgan fingerprint density at radius 2 is 2.11 bits per heavy atom. The van der Waals surface area contributed by atoms with E-state index in [0.717, 1.165) is 17.3 Å². The zero-order chi connectivity index (χ0) is 13.0. The van der Waals surface area contributed by atoms with Gasteiger partial charge in [0.1, 0.15) is 5.82 Å². The minimum Gasteiger partial charge on any atom is -0.322 e. The third-order valence-electron chi connectivity index (χ3n) is 3.11. The molecular formula is C13H16BrFN2O. The lowest BCUT2D eigenvalue weighted by molar-refractivity contribution is -0.115. The van der Waals surface area contributed by atoms with Gasteiger partial charge in [0.25, 0.3) is 0 Å². The first-order valence-corrected chi connectivity index (χ1v) is 6.93. The van der Waals surface area contributed by atoms with Gasteiger partial charge in [0.2, 0.25) is 5.91 Å². The van der Waals surface area contributed by atoms with Crippen molar-refractivity contribution in [3.8, 4) is 0 Å². The molecule has 0 bridgehead atoms. The van der Waals surface area contributed by atoms with Crippen molar-refractivity contribution >= 4 is 27.5 Å². The summed E-state index contributed by atoms with van der Waals surface area (Å²) >= 11 is 3.25. The molecule has 0 aromatic heterocycles. The van der Waals surface area contributed by atoms with Crippen LogP contribution >= 0.6 is 15.9 Å². The normalized spacial score (nSPS) is 15.9. The number of hydrogen-bond donors (Lipinski definition) is 2. The van der Waals surface area contributed by atoms with Crippen molar-refractivity contribution in [2.45, 2.75) is 31.7 Å². The SMILES string of the molecule is O=C(CNC1CCCC1)Nc1cc(Br)ccc1F. The van der Waals surface area contributed by atoms with Gasteiger partial charge in [-0.2, -0.15) is 0 Å². The second-order valence-corrected chi connectivity index (χ2v) is 5.45. The molecule has 5 heteroatoms. The number of amides is 1. The van der Waals surface area contributed by atoms with E-state index in [2.05, 4.69) is 26.6 Å². The van der Waals surface area contributed by atoms with Crippen LogP contribution in [0.5, 0.6) is 0 Å². The Balaban J connectivity index is 1.84. The number of nitrogens with one attached hydrogen (secondary N) is 2. The van der Waals surface area contributed by atoms with E-state index in [1.165, 1.54) is 18.9 Å². The molecule has 0 heterocycles. The van der Waals surface area contributed by atoms with E-state index in [4.69, 9.17) is 0 Å². The molecular weight excluding hydrogens is 299 g/mol. The second-order valence-electron chi connectivity index (χ2n) is 4.53. The zero-order valence-corrected chi connectivity index (χ0v) is 11.6. The fraction of sp³-hybridized carbons (Fsp3) is 0.462. The van der Waals surface area contributed by atoms with E-state index in [-0.39, 0.29) is 18.1 Å². The molecule has 0 spiro atoms. The number of benzene rings is 1. The molecule has 2 rings (SSSR count). The zero-order valence-electron chi connectivity index (χ0n) is 10.0. The van der Waals surface area contributed by atoms with E-state index in [0.29, 0.717) is 6.04 Å². The number of halogens is 2. The smallest absolute Gasteiger partial charge is 0.238 e. The largest absolute Gasteiger partial charge is 0.322 e. The van der Waals surface area contributed by atoms with E-state index >= 15 is 0 Å². The summed E-state index contributed by atoms with van der Waals surface area (Å²) < 4.78 is 14.2. The second kappa shape index (κ2) is 6.29. The molecule has 1 aromatic rings. The average Bonchev–Trinajstić information content (AvgIpc) is 2.84. The minimum absolute atomic E-state index is 0.209. The molecule has 1 saturated carbocycles. The highest BCUT2D eigenvalue weighted by atomic mass is 79.9. The molecule has 2 N–H and O–H groups in total. The van der Waals surface area contributed by atoms with E-state index in [1.54, 1.807) is 12.1 Å². The minimum atomic E-state index is -0.424. The van der Waals surface area contributed by atoms with Crippen molar-refractivity contribution in [2.75, 3.05) is 11.9 Å². The van der Waals surface area contributed by atoms with Gasteiger partial charge in [-0.1, -0.05) is 28.8 Å². The first-order valence-electron chi connectivity index (χ1n) is 6.13. The number of rotatable bonds is 4. The van der Waals surface area contributed by atoms with Gasteiger partial charge >= 0.3 is 0 Å². The van der Waals surface area contributed by atoms with Crippen molar-refractivity contribution < 1.29 is 9.18 Å². The van der Waals surface area contributed by atoms with Crippen molar-refractivity contribution in [2.24, 2.45) is 0 Å². The van der Waals surface area contributed by atoms with Crippen LogP contribution in [0, 0.1) is 5.82 Å². The van der Waals surface area contributed by atoms with Crippen LogP contribution < -0.4 is 10.6 Å². The molecule has 1 aliphatic rings. The number of carbonyl (C=O) groups is 1. The Bertz CT molecular complexity index is 433. The van der Waals surface area contributed by atoms with Crippen LogP contribution in [0.3, 0.4) is 0 Å². The van der Waals surface area contributed by atoms with Crippen LogP contribution in [0.15, 0.2) is 22.7 Å². The predicted octanol–water partition coefficient (Wildman–Crippen LogP) is 3.06. The van der Waals surface area contributed by atoms with Gasteiger partial charge in [-0.3, -0.25) is 4.79 Å². The molecule has 0 atom stereocenters. The fourth-order valence-corrected chi connectivity index (χ4v) is 2.52. The molecule has 0 unspecified atom stereocenters. The Labute approximate surface area is 114 Å². The van der Waals surface area contributed by atoms with Crippen molar-refractivity contribution in [3.63, 3.8) is 0 Å². The van der Waals surface area contributed by atoms with Gasteiger partial charge < -0.3 is 10.6 Å². The molecule has 3 nitrogen and oxygen atoms in total. The maximum absolute atomic E-state index is 13.4. The van der Waals surface area contributed by atoms with Crippen molar-refractivity contribution in [3.05, 3.63) is 28.5 Å². The Hall–Kier alpha value is -0.940. The highest BCUT2D eigenvalue weighted by Gasteiger charge is 2.15. The van der Waals surface area contributed by atoms with Gasteiger partial charge in [-0.15, -0.1) is 0 Å². The molecule has 1 fully saturated rings. The molecule has 0 aliphatic heterocycles. The lowest BCUT2D eigenvalue weighted by Crippen LogP contribution is -2.34. The summed E-state index contributed by atoms with van der Waals surface area (Å²) in [5.74, 6) is -0.633. The summed E-state index contributed by atoms with van der Waals surface area (Å²) in [5.41, 5.74) is 0.211. The highest BCUT2D eigenvalue weighted by molar-refractivity contribution is 9.10. The van der Waals surface area contributed by atoms with E-state index in [9.17, 15) is 9.18 Å². The molecule has 18 heavy (non-hydrogen) atoms. The number of carbonyl (C=O) groups excluding carboxylic acids is 1. The van der Waals surface area contributed by atoms with Gasteiger partial charge in [0.05, 0.1) is 12.2 Å². The van der Waals surface area contributed by atoms with Crippen LogP contribution in [0.2, 0.25) is 0 Å². The van der Waals surface area contributed by atoms with Crippen molar-refractivity contribution in [1.29, 1.82) is 0 Å². The fourth-order valence-electron chi connectivity index (χ4n) is 2.15. The third kappa shape index (κ3) is 3.78. The lowest BCUT2D eigenvalue weighted by Gasteiger charge is -2.12. The summed E-state index contributed by atoms with van der Waals surface area (Å²) in [6.45, 7) is 0.233. The quantitative estimate of drug-likeness (QED) is 0.896. The molecule has 0 saturated heterocycles. The topological polar surface area (TPSA) is 41.1 Å². The number of hydrogen-bond acceptors (Lipinski definition) is 2. The third-order valence-corrected chi connectivity index (χ3v) is 3.60. The van der Waals surface area contributed by atoms with Crippen LogP contribution in [0.25, 0.3) is 0 Å². The van der Waals surface area contributed by atoms with E-state index < -0.39 is 5.82 Å². The molecule has 1 aromatic carbocycles. The number of anilines is 1. The Kier molecular flexibility index (Phi) is 4.72. The van der Waals surface area contributed by atoms with Gasteiger partial charge in [0.15, 0.2) is 0 Å². The molecule has 1 aliphatic carbocycles. The summed E-state index contributed by atoms with van der Waals surface area (Å²) in [6, 6.07) is 4.91. The summed E-state index contributed by atoms with van der Waals surface area (Å²) in [4.78, 5) is 11.7. The van der Waals surface area contributed by atoms with Crippen LogP contribution in [-0.4, -0.2) is 18.5 Å². The standard InChI is InChI=1S/C13H16BrFN2O/c14-9-5-6-11(15)12(7-9)17-13(18)8-16-10-3-1-2-4-10/h5-7,10,16H,1-4,8H2,(H,17,18). The Morgan fingerprint density at radius 3 is 2.83 bits per heavy atom. The summed E-state index contributed by atoms with van der Waals surface area (Å²) in [6.07, 6.45) is 4.69. The first-order chi connectivity index (χ1) is 8.65. The predicted molar refractivity (Wildman–Crippen MR) is 73.0 cm³/mol. The van der Waals surface area contributed by atoms with Crippen LogP contribution in [0.1, 0.15) is 25.7 Å². The van der Waals surface area contributed by atoms with Gasteiger partial charge in [-0.25, -0.2) is 4.39 Å². The molecule has 1 amide bonds. The highest BCUT2D eigenvalue weighted by Crippen LogP contribution is 2.20. The maximum atomic E-state index is 13.4. The monoisotopic (exact) mass is 314 g/mol. The van der Waals surface area contributed by atoms with Crippen LogP contribution in [0.4, 0.5) is 10.1 Å². The van der Waals surface area contributed by atoms with Crippen LogP contribution in [-0.2, 0) is 4.79 Å². The van der Waals surface area contributed by atoms with Gasteiger partial charge in [0, 0.05) is 10.5 Å². The molecule has 0 radical (unpaired) electrons. The Morgan fingerprint density at radius 1 is 1.39 bits per heavy atom. The summed E-state index contributed by atoms with van der Waals surface area (Å²) in [7, 11) is 0. The average molecular weight is 315 g/mol.